The monoisotopic (exact) mass is 466 g/mol. The molecule has 2 bridgehead atoms. The Morgan fingerprint density at radius 3 is 2.38 bits per heavy atom. The molecule has 2 saturated carbocycles. The average Bonchev–Trinajstić information content (AvgIpc) is 3.28. The van der Waals surface area contributed by atoms with Crippen LogP contribution in [0.15, 0.2) is 43.0 Å². The SMILES string of the molecule is Cc1ccc(N(C(=O)[C@H](F)Cl)[C@@H](C(=O)N[C@@H]2CC3CC2CC3(F)F)c2cncnc2)cc1. The van der Waals surface area contributed by atoms with Gasteiger partial charge in [-0.25, -0.2) is 23.1 Å². The molecule has 1 aromatic carbocycles. The average molecular weight is 467 g/mol. The fraction of sp³-hybridized carbons (Fsp3) is 0.455. The fourth-order valence-corrected chi connectivity index (χ4v) is 4.84. The maximum absolute atomic E-state index is 14.0. The van der Waals surface area contributed by atoms with Crippen molar-refractivity contribution in [3.05, 3.63) is 54.1 Å². The van der Waals surface area contributed by atoms with Crippen LogP contribution in [0.3, 0.4) is 0 Å². The van der Waals surface area contributed by atoms with E-state index in [1.165, 1.54) is 18.7 Å². The number of rotatable bonds is 6. The van der Waals surface area contributed by atoms with E-state index >= 15 is 0 Å². The first-order valence-corrected chi connectivity index (χ1v) is 10.7. The molecule has 2 aromatic rings. The Labute approximate surface area is 188 Å². The van der Waals surface area contributed by atoms with Crippen molar-refractivity contribution < 1.29 is 22.8 Å². The van der Waals surface area contributed by atoms with Crippen LogP contribution >= 0.6 is 11.6 Å². The minimum absolute atomic E-state index is 0.154. The first-order valence-electron chi connectivity index (χ1n) is 10.3. The van der Waals surface area contributed by atoms with E-state index in [4.69, 9.17) is 11.6 Å². The molecule has 10 heteroatoms. The van der Waals surface area contributed by atoms with Crippen molar-refractivity contribution in [3.63, 3.8) is 0 Å². The summed E-state index contributed by atoms with van der Waals surface area (Å²) in [5.74, 6) is -5.60. The number of aromatic nitrogens is 2. The Kier molecular flexibility index (Phi) is 6.11. The molecule has 2 unspecified atom stereocenters. The number of anilines is 1. The molecule has 2 amide bonds. The largest absolute Gasteiger partial charge is 0.351 e. The van der Waals surface area contributed by atoms with Gasteiger partial charge in [0.25, 0.3) is 17.5 Å². The molecule has 1 heterocycles. The van der Waals surface area contributed by atoms with Crippen molar-refractivity contribution in [1.29, 1.82) is 0 Å². The molecule has 0 radical (unpaired) electrons. The van der Waals surface area contributed by atoms with Gasteiger partial charge in [0.2, 0.25) is 5.91 Å². The highest BCUT2D eigenvalue weighted by atomic mass is 35.5. The Morgan fingerprint density at radius 1 is 1.19 bits per heavy atom. The third-order valence-corrected chi connectivity index (χ3v) is 6.48. The van der Waals surface area contributed by atoms with Crippen LogP contribution in [0.5, 0.6) is 0 Å². The molecule has 0 spiro atoms. The molecule has 2 aliphatic carbocycles. The van der Waals surface area contributed by atoms with Gasteiger partial charge in [-0.2, -0.15) is 0 Å². The van der Waals surface area contributed by atoms with Crippen LogP contribution in [0, 0.1) is 18.8 Å². The Bertz CT molecular complexity index is 990. The van der Waals surface area contributed by atoms with Crippen LogP contribution in [0.25, 0.3) is 0 Å². The molecule has 1 aromatic heterocycles. The number of hydrogen-bond donors (Lipinski definition) is 1. The van der Waals surface area contributed by atoms with Crippen molar-refractivity contribution in [1.82, 2.24) is 15.3 Å². The highest BCUT2D eigenvalue weighted by molar-refractivity contribution is 6.32. The normalized spacial score (nSPS) is 25.2. The summed E-state index contributed by atoms with van der Waals surface area (Å²) < 4.78 is 41.8. The quantitative estimate of drug-likeness (QED) is 0.654. The van der Waals surface area contributed by atoms with E-state index in [0.29, 0.717) is 6.42 Å². The van der Waals surface area contributed by atoms with Crippen LogP contribution in [-0.2, 0) is 9.59 Å². The van der Waals surface area contributed by atoms with Crippen LogP contribution in [-0.4, -0.2) is 39.4 Å². The smallest absolute Gasteiger partial charge is 0.278 e. The van der Waals surface area contributed by atoms with Crippen molar-refractivity contribution >= 4 is 29.1 Å². The number of nitrogens with one attached hydrogen (secondary N) is 1. The summed E-state index contributed by atoms with van der Waals surface area (Å²) in [4.78, 5) is 35.0. The number of carbonyl (C=O) groups is 2. The van der Waals surface area contributed by atoms with Gasteiger partial charge in [-0.15, -0.1) is 0 Å². The van der Waals surface area contributed by atoms with Crippen molar-refractivity contribution in [2.45, 2.75) is 49.8 Å². The Morgan fingerprint density at radius 2 is 1.84 bits per heavy atom. The number of alkyl halides is 4. The van der Waals surface area contributed by atoms with E-state index in [0.717, 1.165) is 10.5 Å². The molecule has 0 aliphatic heterocycles. The zero-order chi connectivity index (χ0) is 23.0. The third-order valence-electron chi connectivity index (χ3n) is 6.29. The van der Waals surface area contributed by atoms with Gasteiger partial charge in [0.1, 0.15) is 12.4 Å². The van der Waals surface area contributed by atoms with E-state index in [2.05, 4.69) is 15.3 Å². The number of benzene rings is 1. The van der Waals surface area contributed by atoms with Crippen molar-refractivity contribution in [2.75, 3.05) is 4.90 Å². The summed E-state index contributed by atoms with van der Waals surface area (Å²) in [6, 6.07) is 4.80. The predicted molar refractivity (Wildman–Crippen MR) is 112 cm³/mol. The minimum atomic E-state index is -2.72. The standard InChI is InChI=1S/C22H22ClF3N4O2/c1-12-2-4-16(5-3-12)30(21(32)19(23)24)18(14-9-27-11-28-10-14)20(31)29-17-7-15-6-13(17)8-22(15,25)26/h2-5,9-11,13,15,17-19H,6-8H2,1H3,(H,29,31)/t13?,15?,17-,18-,19+/m1/s1. The fourth-order valence-electron chi connectivity index (χ4n) is 4.73. The lowest BCUT2D eigenvalue weighted by Crippen LogP contribution is -2.50. The van der Waals surface area contributed by atoms with Crippen LogP contribution in [0.2, 0.25) is 0 Å². The van der Waals surface area contributed by atoms with E-state index in [-0.39, 0.29) is 30.0 Å². The highest BCUT2D eigenvalue weighted by Crippen LogP contribution is 2.53. The summed E-state index contributed by atoms with van der Waals surface area (Å²) in [6.07, 6.45) is 4.17. The van der Waals surface area contributed by atoms with Gasteiger partial charge >= 0.3 is 0 Å². The first kappa shape index (κ1) is 22.5. The van der Waals surface area contributed by atoms with Crippen molar-refractivity contribution in [2.24, 2.45) is 11.8 Å². The lowest BCUT2D eigenvalue weighted by atomic mass is 9.92. The Balaban J connectivity index is 1.68. The summed E-state index contributed by atoms with van der Waals surface area (Å²) in [5.41, 5.74) is -0.995. The highest BCUT2D eigenvalue weighted by Gasteiger charge is 2.57. The number of amides is 2. The summed E-state index contributed by atoms with van der Waals surface area (Å²) in [6.45, 7) is 1.84. The van der Waals surface area contributed by atoms with Crippen molar-refractivity contribution in [3.8, 4) is 0 Å². The predicted octanol–water partition coefficient (Wildman–Crippen LogP) is 3.94. The van der Waals surface area contributed by atoms with E-state index < -0.39 is 41.4 Å². The van der Waals surface area contributed by atoms with E-state index in [1.807, 2.05) is 6.92 Å². The molecular formula is C22H22ClF3N4O2. The first-order chi connectivity index (χ1) is 15.2. The second kappa shape index (κ2) is 8.69. The molecule has 5 atom stereocenters. The number of fused-ring (bicyclic) bond motifs is 2. The summed E-state index contributed by atoms with van der Waals surface area (Å²) in [5, 5.41) is 2.81. The second-order valence-electron chi connectivity index (χ2n) is 8.43. The minimum Gasteiger partial charge on any atom is -0.351 e. The molecule has 4 rings (SSSR count). The zero-order valence-corrected chi connectivity index (χ0v) is 18.0. The van der Waals surface area contributed by atoms with Gasteiger partial charge in [0.05, 0.1) is 0 Å². The third kappa shape index (κ3) is 4.30. The molecular weight excluding hydrogens is 445 g/mol. The van der Waals surface area contributed by atoms with E-state index in [1.54, 1.807) is 24.3 Å². The number of carbonyl (C=O) groups excluding carboxylic acids is 2. The molecule has 2 aliphatic rings. The summed E-state index contributed by atoms with van der Waals surface area (Å²) >= 11 is 5.49. The molecule has 170 valence electrons. The maximum atomic E-state index is 14.0. The lowest BCUT2D eigenvalue weighted by Gasteiger charge is -2.34. The van der Waals surface area contributed by atoms with Gasteiger partial charge in [-0.1, -0.05) is 29.3 Å². The van der Waals surface area contributed by atoms with Gasteiger partial charge in [-0.05, 0) is 37.8 Å². The van der Waals surface area contributed by atoms with Gasteiger partial charge < -0.3 is 5.32 Å². The van der Waals surface area contributed by atoms with Gasteiger partial charge in [0, 0.05) is 42.0 Å². The topological polar surface area (TPSA) is 75.2 Å². The number of halogens is 4. The molecule has 0 saturated heterocycles. The van der Waals surface area contributed by atoms with Crippen LogP contribution < -0.4 is 10.2 Å². The molecule has 6 nitrogen and oxygen atoms in total. The maximum Gasteiger partial charge on any atom is 0.278 e. The zero-order valence-electron chi connectivity index (χ0n) is 17.2. The molecule has 32 heavy (non-hydrogen) atoms. The van der Waals surface area contributed by atoms with E-state index in [9.17, 15) is 22.8 Å². The second-order valence-corrected chi connectivity index (χ2v) is 8.81. The van der Waals surface area contributed by atoms with Crippen LogP contribution in [0.1, 0.15) is 36.4 Å². The van der Waals surface area contributed by atoms with Crippen LogP contribution in [0.4, 0.5) is 18.9 Å². The lowest BCUT2D eigenvalue weighted by molar-refractivity contribution is -0.128. The molecule has 1 N–H and O–H groups in total. The number of aryl methyl sites for hydroxylation is 1. The molecule has 2 fully saturated rings. The number of hydrogen-bond acceptors (Lipinski definition) is 4. The number of nitrogens with zero attached hydrogens (tertiary/aromatic N) is 3. The summed E-state index contributed by atoms with van der Waals surface area (Å²) in [7, 11) is 0. The van der Waals surface area contributed by atoms with Gasteiger partial charge in [0.15, 0.2) is 0 Å². The van der Waals surface area contributed by atoms with Gasteiger partial charge in [-0.3, -0.25) is 14.5 Å². The Hall–Kier alpha value is -2.68.